The largest absolute Gasteiger partial charge is 0.496 e. The fourth-order valence-electron chi connectivity index (χ4n) is 1.76. The van der Waals surface area contributed by atoms with E-state index in [0.717, 1.165) is 30.0 Å². The average Bonchev–Trinajstić information content (AvgIpc) is 2.47. The Labute approximate surface area is 124 Å². The molecule has 6 heteroatoms. The number of thioether (sulfide) groups is 1. The minimum Gasteiger partial charge on any atom is -0.496 e. The number of halogens is 2. The molecule has 2 aromatic carbocycles. The second-order valence-corrected chi connectivity index (χ2v) is 5.22. The molecule has 3 nitrogen and oxygen atoms in total. The van der Waals surface area contributed by atoms with Crippen LogP contribution in [0.3, 0.4) is 0 Å². The number of methoxy groups -OCH3 is 1. The number of carboxylic acid groups (broad SMARTS) is 1. The van der Waals surface area contributed by atoms with Crippen LogP contribution in [-0.4, -0.2) is 18.2 Å². The lowest BCUT2D eigenvalue weighted by Crippen LogP contribution is -2.01. The second kappa shape index (κ2) is 6.58. The highest BCUT2D eigenvalue weighted by Crippen LogP contribution is 2.28. The van der Waals surface area contributed by atoms with Crippen molar-refractivity contribution in [2.24, 2.45) is 0 Å². The van der Waals surface area contributed by atoms with Crippen LogP contribution in [0.25, 0.3) is 0 Å². The van der Waals surface area contributed by atoms with Crippen LogP contribution in [0.15, 0.2) is 41.3 Å². The topological polar surface area (TPSA) is 46.5 Å². The van der Waals surface area contributed by atoms with Crippen LogP contribution < -0.4 is 4.74 Å². The van der Waals surface area contributed by atoms with Gasteiger partial charge in [-0.15, -0.1) is 11.8 Å². The monoisotopic (exact) mass is 310 g/mol. The summed E-state index contributed by atoms with van der Waals surface area (Å²) in [5.41, 5.74) is 0.720. The van der Waals surface area contributed by atoms with Gasteiger partial charge in [0.25, 0.3) is 0 Å². The smallest absolute Gasteiger partial charge is 0.339 e. The minimum atomic E-state index is -1.10. The van der Waals surface area contributed by atoms with Gasteiger partial charge in [-0.3, -0.25) is 0 Å². The first-order valence-electron chi connectivity index (χ1n) is 5.99. The first-order chi connectivity index (χ1) is 10.0. The number of aromatic carboxylic acids is 1. The van der Waals surface area contributed by atoms with E-state index in [-0.39, 0.29) is 16.2 Å². The number of rotatable bonds is 5. The molecule has 0 heterocycles. The van der Waals surface area contributed by atoms with Crippen LogP contribution in [0.1, 0.15) is 15.9 Å². The van der Waals surface area contributed by atoms with Gasteiger partial charge < -0.3 is 9.84 Å². The van der Waals surface area contributed by atoms with Crippen molar-refractivity contribution in [1.82, 2.24) is 0 Å². The van der Waals surface area contributed by atoms with Gasteiger partial charge in [-0.25, -0.2) is 13.6 Å². The zero-order chi connectivity index (χ0) is 15.4. The Bertz CT molecular complexity index is 674. The van der Waals surface area contributed by atoms with Gasteiger partial charge in [0, 0.05) is 10.6 Å². The highest BCUT2D eigenvalue weighted by Gasteiger charge is 2.12. The van der Waals surface area contributed by atoms with Gasteiger partial charge in [-0.05, 0) is 35.9 Å². The lowest BCUT2D eigenvalue weighted by Gasteiger charge is -2.08. The number of carbonyl (C=O) groups is 1. The normalized spacial score (nSPS) is 10.4. The van der Waals surface area contributed by atoms with Crippen LogP contribution in [0.2, 0.25) is 0 Å². The molecule has 0 spiro atoms. The summed E-state index contributed by atoms with van der Waals surface area (Å²) in [6.45, 7) is 0. The highest BCUT2D eigenvalue weighted by atomic mass is 32.2. The van der Waals surface area contributed by atoms with E-state index in [1.54, 1.807) is 12.1 Å². The van der Waals surface area contributed by atoms with Gasteiger partial charge in [0.05, 0.1) is 7.11 Å². The molecule has 2 rings (SSSR count). The summed E-state index contributed by atoms with van der Waals surface area (Å²) in [7, 11) is 1.39. The van der Waals surface area contributed by atoms with Crippen molar-refractivity contribution in [1.29, 1.82) is 0 Å². The van der Waals surface area contributed by atoms with E-state index in [0.29, 0.717) is 11.3 Å². The van der Waals surface area contributed by atoms with Gasteiger partial charge in [0.2, 0.25) is 0 Å². The first kappa shape index (κ1) is 15.3. The fraction of sp³-hybridized carbons (Fsp3) is 0.133. The maximum Gasteiger partial charge on any atom is 0.339 e. The molecule has 0 bridgehead atoms. The third-order valence-corrected chi connectivity index (χ3v) is 3.88. The molecule has 110 valence electrons. The molecule has 0 aliphatic heterocycles. The number of ether oxygens (including phenoxy) is 1. The molecule has 0 fully saturated rings. The summed E-state index contributed by atoms with van der Waals surface area (Å²) >= 11 is 1.10. The van der Waals surface area contributed by atoms with Crippen molar-refractivity contribution in [2.45, 2.75) is 10.6 Å². The Balaban J connectivity index is 2.18. The van der Waals surface area contributed by atoms with Gasteiger partial charge in [0.1, 0.15) is 22.9 Å². The van der Waals surface area contributed by atoms with E-state index >= 15 is 0 Å². The van der Waals surface area contributed by atoms with Crippen LogP contribution in [0.5, 0.6) is 5.75 Å². The molecule has 0 saturated carbocycles. The average molecular weight is 310 g/mol. The summed E-state index contributed by atoms with van der Waals surface area (Å²) in [6.07, 6.45) is 0. The molecule has 0 aliphatic carbocycles. The molecule has 0 unspecified atom stereocenters. The van der Waals surface area contributed by atoms with E-state index in [2.05, 4.69) is 0 Å². The maximum atomic E-state index is 13.5. The molecule has 0 saturated heterocycles. The van der Waals surface area contributed by atoms with Crippen LogP contribution in [-0.2, 0) is 5.75 Å². The zero-order valence-electron chi connectivity index (χ0n) is 11.1. The molecule has 0 aliphatic rings. The maximum absolute atomic E-state index is 13.5. The SMILES string of the molecule is COc1ccc(CSc2cc(F)ccc2F)cc1C(=O)O. The Morgan fingerprint density at radius 3 is 2.67 bits per heavy atom. The van der Waals surface area contributed by atoms with Crippen LogP contribution >= 0.6 is 11.8 Å². The summed E-state index contributed by atoms with van der Waals surface area (Å²) in [4.78, 5) is 11.3. The van der Waals surface area contributed by atoms with Crippen molar-refractivity contribution in [3.63, 3.8) is 0 Å². The van der Waals surface area contributed by atoms with Crippen molar-refractivity contribution in [3.05, 3.63) is 59.2 Å². The molecule has 0 amide bonds. The Hall–Kier alpha value is -2.08. The van der Waals surface area contributed by atoms with E-state index in [4.69, 9.17) is 9.84 Å². The Morgan fingerprint density at radius 2 is 2.00 bits per heavy atom. The summed E-state index contributed by atoms with van der Waals surface area (Å²) < 4.78 is 31.5. The van der Waals surface area contributed by atoms with Gasteiger partial charge in [-0.2, -0.15) is 0 Å². The van der Waals surface area contributed by atoms with Gasteiger partial charge in [-0.1, -0.05) is 6.07 Å². The minimum absolute atomic E-state index is 0.0373. The zero-order valence-corrected chi connectivity index (χ0v) is 11.9. The van der Waals surface area contributed by atoms with Gasteiger partial charge >= 0.3 is 5.97 Å². The fourth-order valence-corrected chi connectivity index (χ4v) is 2.66. The standard InChI is InChI=1S/C15H12F2O3S/c1-20-13-5-2-9(6-11(13)15(18)19)8-21-14-7-10(16)3-4-12(14)17/h2-7H,8H2,1H3,(H,18,19). The quantitative estimate of drug-likeness (QED) is 0.849. The van der Waals surface area contributed by atoms with Crippen molar-refractivity contribution >= 4 is 17.7 Å². The first-order valence-corrected chi connectivity index (χ1v) is 6.98. The second-order valence-electron chi connectivity index (χ2n) is 4.20. The van der Waals surface area contributed by atoms with Crippen molar-refractivity contribution in [3.8, 4) is 5.75 Å². The number of benzene rings is 2. The van der Waals surface area contributed by atoms with Crippen LogP contribution in [0, 0.1) is 11.6 Å². The molecule has 0 atom stereocenters. The molecule has 0 aromatic heterocycles. The van der Waals surface area contributed by atoms with Crippen LogP contribution in [0.4, 0.5) is 8.78 Å². The number of hydrogen-bond donors (Lipinski definition) is 1. The van der Waals surface area contributed by atoms with Crippen molar-refractivity contribution in [2.75, 3.05) is 7.11 Å². The number of hydrogen-bond acceptors (Lipinski definition) is 3. The van der Waals surface area contributed by atoms with E-state index in [9.17, 15) is 13.6 Å². The Morgan fingerprint density at radius 1 is 1.24 bits per heavy atom. The highest BCUT2D eigenvalue weighted by molar-refractivity contribution is 7.98. The van der Waals surface area contributed by atoms with E-state index < -0.39 is 17.6 Å². The predicted molar refractivity (Wildman–Crippen MR) is 75.9 cm³/mol. The molecule has 2 aromatic rings. The molecule has 21 heavy (non-hydrogen) atoms. The summed E-state index contributed by atoms with van der Waals surface area (Å²) in [6, 6.07) is 7.92. The van der Waals surface area contributed by atoms with E-state index in [1.807, 2.05) is 0 Å². The summed E-state index contributed by atoms with van der Waals surface area (Å²) in [5.74, 6) is -1.54. The molecular weight excluding hydrogens is 298 g/mol. The molecule has 0 radical (unpaired) electrons. The van der Waals surface area contributed by atoms with Gasteiger partial charge in [0.15, 0.2) is 0 Å². The third kappa shape index (κ3) is 3.72. The predicted octanol–water partition coefficient (Wildman–Crippen LogP) is 3.96. The number of carboxylic acids is 1. The lowest BCUT2D eigenvalue weighted by atomic mass is 10.1. The van der Waals surface area contributed by atoms with Crippen molar-refractivity contribution < 1.29 is 23.4 Å². The Kier molecular flexibility index (Phi) is 4.80. The lowest BCUT2D eigenvalue weighted by molar-refractivity contribution is 0.0693. The molecular formula is C15H12F2O3S. The third-order valence-electron chi connectivity index (χ3n) is 2.78. The summed E-state index contributed by atoms with van der Waals surface area (Å²) in [5, 5.41) is 9.09. The molecule has 1 N–H and O–H groups in total. The van der Waals surface area contributed by atoms with E-state index in [1.165, 1.54) is 13.2 Å².